The zero-order valence-corrected chi connectivity index (χ0v) is 9.91. The van der Waals surface area contributed by atoms with Gasteiger partial charge in [-0.1, -0.05) is 0 Å². The quantitative estimate of drug-likeness (QED) is 0.744. The van der Waals surface area contributed by atoms with Gasteiger partial charge in [-0.15, -0.1) is 0 Å². The highest BCUT2D eigenvalue weighted by Gasteiger charge is 2.50. The van der Waals surface area contributed by atoms with Crippen molar-refractivity contribution >= 4 is 0 Å². The van der Waals surface area contributed by atoms with Crippen molar-refractivity contribution in [2.45, 2.75) is 50.7 Å². The highest BCUT2D eigenvalue weighted by Crippen LogP contribution is 2.55. The summed E-state index contributed by atoms with van der Waals surface area (Å²) in [6, 6.07) is 0. The van der Waals surface area contributed by atoms with Crippen LogP contribution < -0.4 is 0 Å². The van der Waals surface area contributed by atoms with Crippen LogP contribution in [-0.4, -0.2) is 30.7 Å². The lowest BCUT2D eigenvalue weighted by Crippen LogP contribution is -2.41. The molecule has 1 N–H and O–H groups in total. The van der Waals surface area contributed by atoms with Crippen molar-refractivity contribution in [2.75, 3.05) is 19.8 Å². The lowest BCUT2D eigenvalue weighted by atomic mass is 9.70. The molecule has 1 saturated heterocycles. The van der Waals surface area contributed by atoms with E-state index in [0.717, 1.165) is 26.1 Å². The highest BCUT2D eigenvalue weighted by molar-refractivity contribution is 4.97. The normalized spacial score (nSPS) is 42.2. The molecule has 0 radical (unpaired) electrons. The van der Waals surface area contributed by atoms with Gasteiger partial charge in [0.15, 0.2) is 5.79 Å². The molecule has 3 aliphatic rings. The van der Waals surface area contributed by atoms with Crippen molar-refractivity contribution in [3.05, 3.63) is 0 Å². The summed E-state index contributed by atoms with van der Waals surface area (Å²) >= 11 is 0. The van der Waals surface area contributed by atoms with Gasteiger partial charge in [-0.25, -0.2) is 0 Å². The number of hydrogen-bond donors (Lipinski definition) is 1. The number of aliphatic hydroxyl groups is 1. The second-order valence-corrected chi connectivity index (χ2v) is 5.93. The van der Waals surface area contributed by atoms with Gasteiger partial charge >= 0.3 is 0 Å². The van der Waals surface area contributed by atoms with E-state index in [0.29, 0.717) is 17.9 Å². The third-order valence-corrected chi connectivity index (χ3v) is 4.79. The van der Waals surface area contributed by atoms with Gasteiger partial charge in [0.05, 0.1) is 13.2 Å². The summed E-state index contributed by atoms with van der Waals surface area (Å²) in [5.41, 5.74) is 0.413. The number of hydrogen-bond acceptors (Lipinski definition) is 3. The molecule has 1 aliphatic heterocycles. The van der Waals surface area contributed by atoms with Crippen LogP contribution in [0.4, 0.5) is 0 Å². The average Bonchev–Trinajstić information content (AvgIpc) is 2.87. The van der Waals surface area contributed by atoms with Crippen molar-refractivity contribution in [1.29, 1.82) is 0 Å². The van der Waals surface area contributed by atoms with E-state index < -0.39 is 0 Å². The second-order valence-electron chi connectivity index (χ2n) is 5.93. The molecule has 0 aromatic heterocycles. The molecule has 3 rings (SSSR count). The zero-order valence-electron chi connectivity index (χ0n) is 9.91. The molecule has 3 heteroatoms. The van der Waals surface area contributed by atoms with Crippen molar-refractivity contribution in [2.24, 2.45) is 11.3 Å². The third kappa shape index (κ3) is 1.79. The molecule has 2 atom stereocenters. The maximum atomic E-state index is 9.27. The van der Waals surface area contributed by atoms with E-state index in [-0.39, 0.29) is 5.79 Å². The Bertz CT molecular complexity index is 260. The van der Waals surface area contributed by atoms with Crippen LogP contribution in [0, 0.1) is 11.3 Å². The highest BCUT2D eigenvalue weighted by atomic mass is 16.7. The number of aliphatic hydroxyl groups excluding tert-OH is 1. The summed E-state index contributed by atoms with van der Waals surface area (Å²) in [5, 5.41) is 9.27. The molecule has 0 aromatic carbocycles. The fraction of sp³-hybridized carbons (Fsp3) is 1.00. The maximum absolute atomic E-state index is 9.27. The first kappa shape index (κ1) is 11.0. The monoisotopic (exact) mass is 226 g/mol. The molecule has 3 nitrogen and oxygen atoms in total. The minimum Gasteiger partial charge on any atom is -0.396 e. The predicted octanol–water partition coefficient (Wildman–Crippen LogP) is 2.08. The van der Waals surface area contributed by atoms with Crippen molar-refractivity contribution in [1.82, 2.24) is 0 Å². The van der Waals surface area contributed by atoms with Crippen molar-refractivity contribution in [3.63, 3.8) is 0 Å². The van der Waals surface area contributed by atoms with E-state index >= 15 is 0 Å². The Balaban J connectivity index is 1.72. The number of rotatable bonds is 1. The van der Waals surface area contributed by atoms with Gasteiger partial charge in [-0.05, 0) is 43.4 Å². The first-order valence-electron chi connectivity index (χ1n) is 6.65. The molecule has 0 aromatic rings. The Morgan fingerprint density at radius 1 is 1.12 bits per heavy atom. The van der Waals surface area contributed by atoms with Crippen LogP contribution in [0.15, 0.2) is 0 Å². The van der Waals surface area contributed by atoms with E-state index in [1.807, 2.05) is 0 Å². The van der Waals surface area contributed by atoms with E-state index in [4.69, 9.17) is 9.47 Å². The van der Waals surface area contributed by atoms with Crippen molar-refractivity contribution < 1.29 is 14.6 Å². The molecular formula is C13H22O3. The summed E-state index contributed by atoms with van der Waals surface area (Å²) in [6.45, 7) is 1.88. The average molecular weight is 226 g/mol. The Morgan fingerprint density at radius 2 is 1.94 bits per heavy atom. The summed E-state index contributed by atoms with van der Waals surface area (Å²) in [7, 11) is 0. The van der Waals surface area contributed by atoms with E-state index in [2.05, 4.69) is 0 Å². The summed E-state index contributed by atoms with van der Waals surface area (Å²) in [4.78, 5) is 0. The SMILES string of the molecule is OC[C@H]1CC[C@]2(CCCC3(C2)OCCO3)C1. The van der Waals surface area contributed by atoms with Gasteiger partial charge in [0.25, 0.3) is 0 Å². The molecule has 2 saturated carbocycles. The van der Waals surface area contributed by atoms with Crippen LogP contribution in [0.5, 0.6) is 0 Å². The van der Waals surface area contributed by atoms with Gasteiger partial charge in [0.2, 0.25) is 0 Å². The van der Waals surface area contributed by atoms with Gasteiger partial charge < -0.3 is 14.6 Å². The minimum absolute atomic E-state index is 0.247. The van der Waals surface area contributed by atoms with Crippen LogP contribution in [0.1, 0.15) is 44.9 Å². The Labute approximate surface area is 97.1 Å². The van der Waals surface area contributed by atoms with Gasteiger partial charge in [-0.2, -0.15) is 0 Å². The Morgan fingerprint density at radius 3 is 2.62 bits per heavy atom. The van der Waals surface area contributed by atoms with Crippen LogP contribution in [-0.2, 0) is 9.47 Å². The molecule has 2 aliphatic carbocycles. The van der Waals surface area contributed by atoms with E-state index in [1.54, 1.807) is 0 Å². The van der Waals surface area contributed by atoms with Crippen molar-refractivity contribution in [3.8, 4) is 0 Å². The molecule has 92 valence electrons. The summed E-state index contributed by atoms with van der Waals surface area (Å²) < 4.78 is 11.7. The smallest absolute Gasteiger partial charge is 0.169 e. The molecule has 0 amide bonds. The molecular weight excluding hydrogens is 204 g/mol. The first-order valence-corrected chi connectivity index (χ1v) is 6.65. The predicted molar refractivity (Wildman–Crippen MR) is 60.0 cm³/mol. The molecule has 16 heavy (non-hydrogen) atoms. The van der Waals surface area contributed by atoms with E-state index in [1.165, 1.54) is 32.1 Å². The lowest BCUT2D eigenvalue weighted by Gasteiger charge is -2.43. The van der Waals surface area contributed by atoms with Gasteiger partial charge in [0.1, 0.15) is 0 Å². The van der Waals surface area contributed by atoms with Crippen LogP contribution in [0.3, 0.4) is 0 Å². The molecule has 0 bridgehead atoms. The summed E-state index contributed by atoms with van der Waals surface area (Å²) in [5.74, 6) is 0.277. The van der Waals surface area contributed by atoms with Crippen LogP contribution in [0.2, 0.25) is 0 Å². The zero-order chi connectivity index (χ0) is 11.1. The Kier molecular flexibility index (Phi) is 2.73. The fourth-order valence-corrected chi connectivity index (χ4v) is 4.09. The molecule has 1 heterocycles. The van der Waals surface area contributed by atoms with E-state index in [9.17, 15) is 5.11 Å². The molecule has 3 fully saturated rings. The fourth-order valence-electron chi connectivity index (χ4n) is 4.09. The van der Waals surface area contributed by atoms with Gasteiger partial charge in [-0.3, -0.25) is 0 Å². The number of ether oxygens (including phenoxy) is 2. The third-order valence-electron chi connectivity index (χ3n) is 4.79. The summed E-state index contributed by atoms with van der Waals surface area (Å²) in [6.07, 6.45) is 8.28. The second kappa shape index (κ2) is 3.97. The first-order chi connectivity index (χ1) is 7.76. The topological polar surface area (TPSA) is 38.7 Å². The minimum atomic E-state index is -0.247. The van der Waals surface area contributed by atoms with Crippen LogP contribution >= 0.6 is 0 Å². The largest absolute Gasteiger partial charge is 0.396 e. The van der Waals surface area contributed by atoms with Crippen LogP contribution in [0.25, 0.3) is 0 Å². The molecule has 2 spiro atoms. The van der Waals surface area contributed by atoms with Gasteiger partial charge in [0, 0.05) is 19.4 Å². The lowest BCUT2D eigenvalue weighted by molar-refractivity contribution is -0.201. The molecule has 0 unspecified atom stereocenters. The standard InChI is InChI=1S/C13H22O3/c14-9-11-2-5-12(8-11)3-1-4-13(10-12)15-6-7-16-13/h11,14H,1-10H2/t11-,12+/m0/s1. The Hall–Kier alpha value is -0.120. The maximum Gasteiger partial charge on any atom is 0.169 e.